The van der Waals surface area contributed by atoms with E-state index >= 15 is 0 Å². The van der Waals surface area contributed by atoms with Gasteiger partial charge in [0, 0.05) is 12.5 Å². The molecule has 0 aromatic heterocycles. The van der Waals surface area contributed by atoms with Gasteiger partial charge in [-0.15, -0.1) is 0 Å². The predicted molar refractivity (Wildman–Crippen MR) is 84.2 cm³/mol. The van der Waals surface area contributed by atoms with Crippen LogP contribution in [0.4, 0.5) is 0 Å². The molecule has 1 rings (SSSR count). The second kappa shape index (κ2) is 6.10. The summed E-state index contributed by atoms with van der Waals surface area (Å²) in [6.07, 6.45) is 0. The van der Waals surface area contributed by atoms with Crippen LogP contribution in [0.15, 0.2) is 18.2 Å². The second-order valence-corrected chi connectivity index (χ2v) is 7.93. The molecule has 0 amide bonds. The lowest BCUT2D eigenvalue weighted by atomic mass is 10.1. The molecule has 0 heterocycles. The van der Waals surface area contributed by atoms with Gasteiger partial charge in [0.25, 0.3) is 0 Å². The Morgan fingerprint density at radius 3 is 2.17 bits per heavy atom. The van der Waals surface area contributed by atoms with Crippen molar-refractivity contribution in [3.05, 3.63) is 33.8 Å². The highest BCUT2D eigenvalue weighted by Crippen LogP contribution is 2.53. The molecule has 1 atom stereocenters. The first-order valence-electron chi connectivity index (χ1n) is 4.48. The Bertz CT molecular complexity index is 474. The first-order chi connectivity index (χ1) is 8.08. The van der Waals surface area contributed by atoms with Gasteiger partial charge >= 0.3 is 5.97 Å². The summed E-state index contributed by atoms with van der Waals surface area (Å²) in [5.74, 6) is -0.582. The van der Waals surface area contributed by atoms with Crippen molar-refractivity contribution in [3.63, 3.8) is 0 Å². The van der Waals surface area contributed by atoms with Gasteiger partial charge in [0.1, 0.15) is 0 Å². The Kier molecular flexibility index (Phi) is 5.74. The number of ether oxygens (including phenoxy) is 1. The average Bonchev–Trinajstić information content (AvgIpc) is 2.19. The van der Waals surface area contributed by atoms with E-state index in [9.17, 15) is 4.79 Å². The highest BCUT2D eigenvalue weighted by atomic mass is 127. The molecule has 2 nitrogen and oxygen atoms in total. The monoisotopic (exact) mass is 460 g/mol. The first-order valence-corrected chi connectivity index (χ1v) is 7.45. The van der Waals surface area contributed by atoms with E-state index in [1.165, 1.54) is 19.1 Å². The minimum atomic E-state index is -1.86. The normalized spacial score (nSPS) is 15.1. The van der Waals surface area contributed by atoms with Gasteiger partial charge < -0.3 is 4.74 Å². The highest BCUT2D eigenvalue weighted by molar-refractivity contribution is 14.1. The van der Waals surface area contributed by atoms with Gasteiger partial charge in [0.05, 0.1) is 10.0 Å². The highest BCUT2D eigenvalue weighted by Gasteiger charge is 2.51. The molecule has 0 spiro atoms. The number of halogens is 6. The molecule has 18 heavy (non-hydrogen) atoms. The molecule has 1 aromatic carbocycles. The van der Waals surface area contributed by atoms with E-state index in [0.29, 0.717) is 10.6 Å². The number of carbonyl (C=O) groups excluding carboxylic acids is 1. The number of hydrogen-bond acceptors (Lipinski definition) is 2. The standard InChI is InChI=1S/C10H6Cl5IO2/c1-5(17)18-9(16,10(13,14)15)6-2-3-7(11)8(12)4-6/h2-4H,1H3. The summed E-state index contributed by atoms with van der Waals surface area (Å²) in [4.78, 5) is 11.2. The zero-order valence-electron chi connectivity index (χ0n) is 8.82. The number of benzene rings is 1. The molecular formula is C10H6Cl5IO2. The third-order valence-electron chi connectivity index (χ3n) is 1.94. The Labute approximate surface area is 143 Å². The molecular weight excluding hydrogens is 456 g/mol. The number of esters is 1. The molecule has 100 valence electrons. The quantitative estimate of drug-likeness (QED) is 0.329. The van der Waals surface area contributed by atoms with Crippen LogP contribution in [0, 0.1) is 0 Å². The molecule has 0 N–H and O–H groups in total. The molecule has 0 saturated heterocycles. The summed E-state index contributed by atoms with van der Waals surface area (Å²) < 4.78 is 1.78. The molecule has 8 heteroatoms. The molecule has 0 bridgehead atoms. The van der Waals surface area contributed by atoms with Crippen LogP contribution >= 0.6 is 80.6 Å². The van der Waals surface area contributed by atoms with Gasteiger partial charge in [-0.3, -0.25) is 4.79 Å². The van der Waals surface area contributed by atoms with Crippen molar-refractivity contribution in [2.24, 2.45) is 0 Å². The summed E-state index contributed by atoms with van der Waals surface area (Å²) in [5, 5.41) is 0.628. The molecule has 1 aromatic rings. The minimum absolute atomic E-state index is 0.275. The summed E-state index contributed by atoms with van der Waals surface area (Å²) in [7, 11) is 0. The van der Waals surface area contributed by atoms with Gasteiger partial charge in [-0.25, -0.2) is 0 Å². The maximum Gasteiger partial charge on any atom is 0.304 e. The lowest BCUT2D eigenvalue weighted by Gasteiger charge is -2.33. The predicted octanol–water partition coefficient (Wildman–Crippen LogP) is 5.51. The fourth-order valence-electron chi connectivity index (χ4n) is 1.17. The third-order valence-corrected chi connectivity index (χ3v) is 6.09. The van der Waals surface area contributed by atoms with Crippen LogP contribution in [-0.2, 0) is 13.1 Å². The minimum Gasteiger partial charge on any atom is -0.439 e. The fraction of sp³-hybridized carbons (Fsp3) is 0.300. The van der Waals surface area contributed by atoms with Crippen LogP contribution in [0.1, 0.15) is 12.5 Å². The summed E-state index contributed by atoms with van der Waals surface area (Å²) in [6.45, 7) is 1.22. The second-order valence-electron chi connectivity index (χ2n) is 3.32. The summed E-state index contributed by atoms with van der Waals surface area (Å²) in [5.41, 5.74) is 0.424. The molecule has 0 aliphatic rings. The lowest BCUT2D eigenvalue weighted by molar-refractivity contribution is -0.147. The van der Waals surface area contributed by atoms with Crippen LogP contribution in [0.25, 0.3) is 0 Å². The largest absolute Gasteiger partial charge is 0.439 e. The maximum atomic E-state index is 11.2. The molecule has 0 saturated carbocycles. The van der Waals surface area contributed by atoms with Crippen LogP contribution in [-0.4, -0.2) is 9.76 Å². The molecule has 0 radical (unpaired) electrons. The first kappa shape index (κ1) is 16.9. The van der Waals surface area contributed by atoms with Gasteiger partial charge in [0.15, 0.2) is 0 Å². The van der Waals surface area contributed by atoms with Crippen LogP contribution < -0.4 is 0 Å². The van der Waals surface area contributed by atoms with Crippen molar-refractivity contribution in [3.8, 4) is 0 Å². The Balaban J connectivity index is 3.34. The SMILES string of the molecule is CC(=O)OC(I)(c1ccc(Cl)c(Cl)c1)C(Cl)(Cl)Cl. The molecule has 0 fully saturated rings. The van der Waals surface area contributed by atoms with Crippen LogP contribution in [0.2, 0.25) is 10.0 Å². The average molecular weight is 462 g/mol. The number of alkyl halides is 4. The van der Waals surface area contributed by atoms with Crippen LogP contribution in [0.5, 0.6) is 0 Å². The van der Waals surface area contributed by atoms with Gasteiger partial charge in [-0.05, 0) is 34.7 Å². The van der Waals surface area contributed by atoms with Crippen molar-refractivity contribution < 1.29 is 9.53 Å². The number of hydrogen-bond donors (Lipinski definition) is 0. The van der Waals surface area contributed by atoms with E-state index in [1.807, 2.05) is 0 Å². The van der Waals surface area contributed by atoms with E-state index in [4.69, 9.17) is 62.7 Å². The molecule has 0 aliphatic heterocycles. The molecule has 1 unspecified atom stereocenters. The Morgan fingerprint density at radius 2 is 1.78 bits per heavy atom. The molecule has 0 aliphatic carbocycles. The Hall–Kier alpha value is 0.870. The summed E-state index contributed by atoms with van der Waals surface area (Å²) >= 11 is 31.1. The Morgan fingerprint density at radius 1 is 1.22 bits per heavy atom. The maximum absolute atomic E-state index is 11.2. The van der Waals surface area contributed by atoms with E-state index in [0.717, 1.165) is 0 Å². The van der Waals surface area contributed by atoms with Crippen molar-refractivity contribution >= 4 is 86.6 Å². The summed E-state index contributed by atoms with van der Waals surface area (Å²) in [6, 6.07) is 4.60. The zero-order chi connectivity index (χ0) is 14.1. The van der Waals surface area contributed by atoms with Gasteiger partial charge in [-0.2, -0.15) is 0 Å². The van der Waals surface area contributed by atoms with E-state index in [1.54, 1.807) is 28.7 Å². The smallest absolute Gasteiger partial charge is 0.304 e. The van der Waals surface area contributed by atoms with Gasteiger partial charge in [0.2, 0.25) is 7.40 Å². The van der Waals surface area contributed by atoms with E-state index in [-0.39, 0.29) is 5.02 Å². The van der Waals surface area contributed by atoms with Gasteiger partial charge in [-0.1, -0.05) is 64.1 Å². The van der Waals surface area contributed by atoms with Crippen molar-refractivity contribution in [2.45, 2.75) is 14.3 Å². The van der Waals surface area contributed by atoms with E-state index < -0.39 is 13.4 Å². The lowest BCUT2D eigenvalue weighted by Crippen LogP contribution is -2.38. The number of carbonyl (C=O) groups is 1. The van der Waals surface area contributed by atoms with Crippen molar-refractivity contribution in [1.29, 1.82) is 0 Å². The van der Waals surface area contributed by atoms with E-state index in [2.05, 4.69) is 0 Å². The van der Waals surface area contributed by atoms with Crippen LogP contribution in [0.3, 0.4) is 0 Å². The fourth-order valence-corrected chi connectivity index (χ4v) is 2.56. The number of rotatable bonds is 2. The van der Waals surface area contributed by atoms with Crippen molar-refractivity contribution in [1.82, 2.24) is 0 Å². The topological polar surface area (TPSA) is 26.3 Å². The van der Waals surface area contributed by atoms with Crippen molar-refractivity contribution in [2.75, 3.05) is 0 Å². The zero-order valence-corrected chi connectivity index (χ0v) is 14.8. The third kappa shape index (κ3) is 3.70.